The van der Waals surface area contributed by atoms with Crippen molar-refractivity contribution < 1.29 is 32.6 Å². The lowest BCUT2D eigenvalue weighted by Gasteiger charge is -2.15. The second-order valence-corrected chi connectivity index (χ2v) is 5.60. The summed E-state index contributed by atoms with van der Waals surface area (Å²) in [5.41, 5.74) is -0.500. The Kier molecular flexibility index (Phi) is 7.08. The van der Waals surface area contributed by atoms with Gasteiger partial charge in [0.25, 0.3) is 5.91 Å². The highest BCUT2D eigenvalue weighted by Gasteiger charge is 2.22. The van der Waals surface area contributed by atoms with Crippen LogP contribution in [0, 0.1) is 11.6 Å². The molecule has 148 valence electrons. The number of methoxy groups -OCH3 is 1. The van der Waals surface area contributed by atoms with Crippen molar-refractivity contribution in [3.8, 4) is 11.5 Å². The van der Waals surface area contributed by atoms with Gasteiger partial charge in [0, 0.05) is 0 Å². The Morgan fingerprint density at radius 1 is 1.18 bits per heavy atom. The molecule has 2 rings (SSSR count). The van der Waals surface area contributed by atoms with E-state index in [0.717, 1.165) is 12.1 Å². The Hall–Kier alpha value is -3.42. The fraction of sp³-hybridized carbons (Fsp3) is 0.200. The number of esters is 1. The molecule has 0 saturated carbocycles. The van der Waals surface area contributed by atoms with Gasteiger partial charge in [-0.25, -0.2) is 13.6 Å². The van der Waals surface area contributed by atoms with E-state index < -0.39 is 35.3 Å². The van der Waals surface area contributed by atoms with Gasteiger partial charge in [-0.05, 0) is 37.3 Å². The van der Waals surface area contributed by atoms with Crippen LogP contribution in [0.15, 0.2) is 49.1 Å². The van der Waals surface area contributed by atoms with Crippen molar-refractivity contribution in [2.45, 2.75) is 13.0 Å². The monoisotopic (exact) mass is 391 g/mol. The van der Waals surface area contributed by atoms with E-state index in [9.17, 15) is 18.4 Å². The van der Waals surface area contributed by atoms with Crippen LogP contribution in [-0.4, -0.2) is 31.7 Å². The van der Waals surface area contributed by atoms with Crippen LogP contribution in [0.2, 0.25) is 0 Å². The molecule has 1 atom stereocenters. The van der Waals surface area contributed by atoms with Gasteiger partial charge in [0.05, 0.1) is 12.7 Å². The number of anilines is 1. The standard InChI is InChI=1S/C20H19F2NO5/c1-4-10-27-16-9-8-13(11-17(16)26-3)20(25)28-12(2)19(24)23-18-14(21)6-5-7-15(18)22/h4-9,11-12H,1,10H2,2-3H3,(H,23,24). The zero-order chi connectivity index (χ0) is 20.7. The lowest BCUT2D eigenvalue weighted by atomic mass is 10.2. The number of carbonyl (C=O) groups excluding carboxylic acids is 2. The van der Waals surface area contributed by atoms with E-state index in [1.807, 2.05) is 0 Å². The highest BCUT2D eigenvalue weighted by Crippen LogP contribution is 2.28. The number of halogens is 2. The van der Waals surface area contributed by atoms with E-state index in [2.05, 4.69) is 11.9 Å². The topological polar surface area (TPSA) is 73.9 Å². The quantitative estimate of drug-likeness (QED) is 0.548. The summed E-state index contributed by atoms with van der Waals surface area (Å²) in [5.74, 6) is -2.87. The average Bonchev–Trinajstić information content (AvgIpc) is 2.68. The molecule has 0 bridgehead atoms. The van der Waals surface area contributed by atoms with Crippen LogP contribution < -0.4 is 14.8 Å². The first-order valence-corrected chi connectivity index (χ1v) is 8.25. The number of nitrogens with one attached hydrogen (secondary N) is 1. The second-order valence-electron chi connectivity index (χ2n) is 5.60. The molecule has 6 nitrogen and oxygen atoms in total. The summed E-state index contributed by atoms with van der Waals surface area (Å²) in [7, 11) is 1.41. The summed E-state index contributed by atoms with van der Waals surface area (Å²) in [5, 5.41) is 2.07. The molecule has 0 heterocycles. The molecule has 0 saturated heterocycles. The Morgan fingerprint density at radius 2 is 1.86 bits per heavy atom. The Morgan fingerprint density at radius 3 is 2.46 bits per heavy atom. The zero-order valence-corrected chi connectivity index (χ0v) is 15.3. The molecule has 2 aromatic rings. The first-order chi connectivity index (χ1) is 13.4. The molecule has 1 unspecified atom stereocenters. The van der Waals surface area contributed by atoms with E-state index in [-0.39, 0.29) is 12.2 Å². The number of amides is 1. The van der Waals surface area contributed by atoms with Gasteiger partial charge >= 0.3 is 5.97 Å². The van der Waals surface area contributed by atoms with Crippen molar-refractivity contribution in [2.24, 2.45) is 0 Å². The summed E-state index contributed by atoms with van der Waals surface area (Å²) in [4.78, 5) is 24.4. The molecule has 0 aliphatic carbocycles. The maximum Gasteiger partial charge on any atom is 0.339 e. The number of rotatable bonds is 8. The minimum absolute atomic E-state index is 0.111. The van der Waals surface area contributed by atoms with Gasteiger partial charge in [0.1, 0.15) is 23.9 Å². The van der Waals surface area contributed by atoms with Gasteiger partial charge < -0.3 is 19.5 Å². The second kappa shape index (κ2) is 9.50. The van der Waals surface area contributed by atoms with E-state index in [0.29, 0.717) is 11.5 Å². The first-order valence-electron chi connectivity index (χ1n) is 8.25. The minimum atomic E-state index is -1.30. The molecule has 1 N–H and O–H groups in total. The number of hydrogen-bond acceptors (Lipinski definition) is 5. The molecule has 0 aliphatic rings. The van der Waals surface area contributed by atoms with Crippen molar-refractivity contribution in [3.63, 3.8) is 0 Å². The summed E-state index contributed by atoms with van der Waals surface area (Å²) >= 11 is 0. The molecule has 0 aliphatic heterocycles. The molecule has 0 fully saturated rings. The van der Waals surface area contributed by atoms with Crippen molar-refractivity contribution in [2.75, 3.05) is 19.0 Å². The number of para-hydroxylation sites is 1. The molecule has 0 aromatic heterocycles. The number of ether oxygens (including phenoxy) is 3. The van der Waals surface area contributed by atoms with E-state index in [4.69, 9.17) is 14.2 Å². The summed E-state index contributed by atoms with van der Waals surface area (Å²) in [6, 6.07) is 7.50. The Labute approximate surface area is 160 Å². The van der Waals surface area contributed by atoms with Crippen molar-refractivity contribution in [1.82, 2.24) is 0 Å². The van der Waals surface area contributed by atoms with Crippen LogP contribution in [-0.2, 0) is 9.53 Å². The molecule has 1 amide bonds. The molecule has 0 spiro atoms. The summed E-state index contributed by atoms with van der Waals surface area (Å²) in [6.45, 7) is 5.08. The van der Waals surface area contributed by atoms with Crippen LogP contribution in [0.25, 0.3) is 0 Å². The molecule has 0 radical (unpaired) electrons. The highest BCUT2D eigenvalue weighted by atomic mass is 19.1. The fourth-order valence-electron chi connectivity index (χ4n) is 2.19. The van der Waals surface area contributed by atoms with Gasteiger partial charge in [0.2, 0.25) is 0 Å². The van der Waals surface area contributed by atoms with Crippen LogP contribution in [0.1, 0.15) is 17.3 Å². The summed E-state index contributed by atoms with van der Waals surface area (Å²) < 4.78 is 42.8. The highest BCUT2D eigenvalue weighted by molar-refractivity contribution is 5.97. The van der Waals surface area contributed by atoms with Gasteiger partial charge in [-0.2, -0.15) is 0 Å². The Balaban J connectivity index is 2.07. The predicted molar refractivity (Wildman–Crippen MR) is 98.6 cm³/mol. The van der Waals surface area contributed by atoms with Gasteiger partial charge in [-0.15, -0.1) is 0 Å². The number of benzene rings is 2. The maximum atomic E-state index is 13.6. The van der Waals surface area contributed by atoms with Gasteiger partial charge in [0.15, 0.2) is 17.6 Å². The van der Waals surface area contributed by atoms with Crippen molar-refractivity contribution >= 4 is 17.6 Å². The van der Waals surface area contributed by atoms with E-state index >= 15 is 0 Å². The van der Waals surface area contributed by atoms with E-state index in [1.54, 1.807) is 6.08 Å². The SMILES string of the molecule is C=CCOc1ccc(C(=O)OC(C)C(=O)Nc2c(F)cccc2F)cc1OC. The van der Waals surface area contributed by atoms with E-state index in [1.165, 1.54) is 38.3 Å². The molecular weight excluding hydrogens is 372 g/mol. The number of carbonyl (C=O) groups is 2. The van der Waals surface area contributed by atoms with Crippen LogP contribution in [0.5, 0.6) is 11.5 Å². The molecule has 2 aromatic carbocycles. The first kappa shape index (κ1) is 20.9. The van der Waals surface area contributed by atoms with Gasteiger partial charge in [-0.3, -0.25) is 4.79 Å². The van der Waals surface area contributed by atoms with Crippen LogP contribution in [0.3, 0.4) is 0 Å². The molecule has 8 heteroatoms. The van der Waals surface area contributed by atoms with Crippen molar-refractivity contribution in [3.05, 3.63) is 66.3 Å². The maximum absolute atomic E-state index is 13.6. The third kappa shape index (κ3) is 5.06. The average molecular weight is 391 g/mol. The minimum Gasteiger partial charge on any atom is -0.493 e. The van der Waals surface area contributed by atoms with Gasteiger partial charge in [-0.1, -0.05) is 18.7 Å². The van der Waals surface area contributed by atoms with Crippen LogP contribution in [0.4, 0.5) is 14.5 Å². The smallest absolute Gasteiger partial charge is 0.339 e. The summed E-state index contributed by atoms with van der Waals surface area (Å²) in [6.07, 6.45) is 0.259. The molecule has 28 heavy (non-hydrogen) atoms. The predicted octanol–water partition coefficient (Wildman–Crippen LogP) is 3.72. The van der Waals surface area contributed by atoms with Crippen LogP contribution >= 0.6 is 0 Å². The lowest BCUT2D eigenvalue weighted by Crippen LogP contribution is -2.30. The Bertz CT molecular complexity index is 865. The zero-order valence-electron chi connectivity index (χ0n) is 15.3. The third-order valence-corrected chi connectivity index (χ3v) is 3.62. The molecular formula is C20H19F2NO5. The fourth-order valence-corrected chi connectivity index (χ4v) is 2.19. The van der Waals surface area contributed by atoms with Crippen molar-refractivity contribution in [1.29, 1.82) is 0 Å². The largest absolute Gasteiger partial charge is 0.493 e. The third-order valence-electron chi connectivity index (χ3n) is 3.62. The normalized spacial score (nSPS) is 11.3. The lowest BCUT2D eigenvalue weighted by molar-refractivity contribution is -0.123. The number of hydrogen-bond donors (Lipinski definition) is 1.